The quantitative estimate of drug-likeness (QED) is 0.812. The third-order valence-electron chi connectivity index (χ3n) is 3.10. The maximum Gasteiger partial charge on any atom is 0.269 e. The topological polar surface area (TPSA) is 46.9 Å². The van der Waals surface area contributed by atoms with Gasteiger partial charge in [0.25, 0.3) is 5.91 Å². The molecule has 1 aromatic rings. The Bertz CT molecular complexity index is 409. The molecule has 1 amide bonds. The van der Waals surface area contributed by atoms with E-state index in [1.165, 1.54) is 0 Å². The molecule has 0 saturated heterocycles. The minimum Gasteiger partial charge on any atom is -0.350 e. The molecule has 1 saturated carbocycles. The molecule has 1 aliphatic carbocycles. The van der Waals surface area contributed by atoms with Crippen LogP contribution in [0.15, 0.2) is 6.07 Å². The summed E-state index contributed by atoms with van der Waals surface area (Å²) in [6, 6.07) is 1.79. The van der Waals surface area contributed by atoms with E-state index in [-0.39, 0.29) is 11.3 Å². The van der Waals surface area contributed by atoms with Gasteiger partial charge in [-0.2, -0.15) is 5.10 Å². The Hall–Kier alpha value is -1.03. The number of hydrogen-bond donors (Lipinski definition) is 1. The van der Waals surface area contributed by atoms with E-state index < -0.39 is 0 Å². The number of carbonyl (C=O) groups is 1. The summed E-state index contributed by atoms with van der Waals surface area (Å²) in [4.78, 5) is 11.9. The molecule has 16 heavy (non-hydrogen) atoms. The van der Waals surface area contributed by atoms with E-state index >= 15 is 0 Å². The van der Waals surface area contributed by atoms with E-state index in [0.29, 0.717) is 18.1 Å². The molecular formula is C11H16ClN3O. The lowest BCUT2D eigenvalue weighted by molar-refractivity contribution is 0.0937. The van der Waals surface area contributed by atoms with Crippen molar-refractivity contribution in [2.75, 3.05) is 12.4 Å². The zero-order valence-corrected chi connectivity index (χ0v) is 10.3. The number of halogens is 1. The number of amides is 1. The molecule has 0 aliphatic heterocycles. The van der Waals surface area contributed by atoms with Crippen molar-refractivity contribution >= 4 is 17.5 Å². The van der Waals surface area contributed by atoms with Crippen molar-refractivity contribution in [2.45, 2.75) is 19.8 Å². The molecule has 0 bridgehead atoms. The second-order valence-electron chi connectivity index (χ2n) is 4.61. The van der Waals surface area contributed by atoms with E-state index in [1.807, 2.05) is 6.92 Å². The number of rotatable bonds is 4. The second-order valence-corrected chi connectivity index (χ2v) is 4.88. The van der Waals surface area contributed by atoms with Gasteiger partial charge in [-0.15, -0.1) is 11.6 Å². The van der Waals surface area contributed by atoms with Gasteiger partial charge in [0.2, 0.25) is 0 Å². The highest BCUT2D eigenvalue weighted by Crippen LogP contribution is 2.45. The van der Waals surface area contributed by atoms with E-state index in [4.69, 9.17) is 11.6 Å². The molecule has 0 aromatic carbocycles. The summed E-state index contributed by atoms with van der Waals surface area (Å²) in [5, 5.41) is 7.06. The highest BCUT2D eigenvalue weighted by molar-refractivity contribution is 6.18. The molecule has 0 unspecified atom stereocenters. The lowest BCUT2D eigenvalue weighted by atomic mass is 10.1. The van der Waals surface area contributed by atoms with Crippen LogP contribution in [0.1, 0.15) is 29.0 Å². The first-order valence-corrected chi connectivity index (χ1v) is 5.95. The Kier molecular flexibility index (Phi) is 2.93. The first kappa shape index (κ1) is 11.5. The van der Waals surface area contributed by atoms with Gasteiger partial charge in [0.1, 0.15) is 5.69 Å². The number of nitrogens with zero attached hydrogens (tertiary/aromatic N) is 2. The number of aromatic nitrogens is 2. The fourth-order valence-electron chi connectivity index (χ4n) is 1.72. The van der Waals surface area contributed by atoms with Gasteiger partial charge in [-0.25, -0.2) is 0 Å². The minimum absolute atomic E-state index is 0.0699. The van der Waals surface area contributed by atoms with Crippen LogP contribution >= 0.6 is 11.6 Å². The summed E-state index contributed by atoms with van der Waals surface area (Å²) in [5.74, 6) is 0.553. The fourth-order valence-corrected chi connectivity index (χ4v) is 2.08. The molecule has 1 fully saturated rings. The number of alkyl halides is 1. The lowest BCUT2D eigenvalue weighted by Crippen LogP contribution is -2.32. The molecule has 1 N–H and O–H groups in total. The minimum atomic E-state index is -0.0699. The monoisotopic (exact) mass is 241 g/mol. The Morgan fingerprint density at radius 1 is 1.69 bits per heavy atom. The Morgan fingerprint density at radius 3 is 2.81 bits per heavy atom. The molecule has 0 spiro atoms. The van der Waals surface area contributed by atoms with E-state index in [2.05, 4.69) is 10.4 Å². The maximum absolute atomic E-state index is 11.9. The van der Waals surface area contributed by atoms with E-state index in [1.54, 1.807) is 17.8 Å². The van der Waals surface area contributed by atoms with Gasteiger partial charge in [0, 0.05) is 24.9 Å². The fraction of sp³-hybridized carbons (Fsp3) is 0.636. The van der Waals surface area contributed by atoms with Crippen LogP contribution in [0.3, 0.4) is 0 Å². The second kappa shape index (κ2) is 4.09. The molecule has 1 aromatic heterocycles. The van der Waals surface area contributed by atoms with Gasteiger partial charge < -0.3 is 5.32 Å². The van der Waals surface area contributed by atoms with E-state index in [0.717, 1.165) is 18.5 Å². The van der Waals surface area contributed by atoms with Gasteiger partial charge in [0.15, 0.2) is 0 Å². The predicted molar refractivity (Wildman–Crippen MR) is 62.7 cm³/mol. The highest BCUT2D eigenvalue weighted by Gasteiger charge is 2.41. The number of nitrogens with one attached hydrogen (secondary N) is 1. The van der Waals surface area contributed by atoms with Crippen LogP contribution < -0.4 is 5.32 Å². The summed E-state index contributed by atoms with van der Waals surface area (Å²) < 4.78 is 1.60. The third kappa shape index (κ3) is 2.21. The number of aryl methyl sites for hydroxylation is 2. The van der Waals surface area contributed by atoms with Crippen LogP contribution in [0.25, 0.3) is 0 Å². The first-order chi connectivity index (χ1) is 7.56. The maximum atomic E-state index is 11.9. The van der Waals surface area contributed by atoms with Crippen LogP contribution in [0.2, 0.25) is 0 Å². The zero-order chi connectivity index (χ0) is 11.8. The number of hydrogen-bond acceptors (Lipinski definition) is 2. The zero-order valence-electron chi connectivity index (χ0n) is 9.59. The smallest absolute Gasteiger partial charge is 0.269 e. The molecule has 2 rings (SSSR count). The van der Waals surface area contributed by atoms with Gasteiger partial charge in [-0.1, -0.05) is 0 Å². The normalized spacial score (nSPS) is 17.2. The van der Waals surface area contributed by atoms with Crippen LogP contribution in [0.4, 0.5) is 0 Å². The Balaban J connectivity index is 1.96. The van der Waals surface area contributed by atoms with Crippen molar-refractivity contribution in [3.63, 3.8) is 0 Å². The molecule has 0 radical (unpaired) electrons. The summed E-state index contributed by atoms with van der Waals surface area (Å²) in [6.07, 6.45) is 2.22. The standard InChI is InChI=1S/C11H16ClN3O/c1-8-5-9(15(2)14-8)10(16)13-7-11(6-12)3-4-11/h5H,3-4,6-7H2,1-2H3,(H,13,16). The SMILES string of the molecule is Cc1cc(C(=O)NCC2(CCl)CC2)n(C)n1. The molecule has 88 valence electrons. The van der Waals surface area contributed by atoms with Crippen molar-refractivity contribution in [1.29, 1.82) is 0 Å². The lowest BCUT2D eigenvalue weighted by Gasteiger charge is -2.12. The summed E-state index contributed by atoms with van der Waals surface area (Å²) in [6.45, 7) is 2.54. The summed E-state index contributed by atoms with van der Waals surface area (Å²) in [5.41, 5.74) is 1.61. The highest BCUT2D eigenvalue weighted by atomic mass is 35.5. The van der Waals surface area contributed by atoms with Gasteiger partial charge in [0.05, 0.1) is 5.69 Å². The van der Waals surface area contributed by atoms with Crippen LogP contribution in [-0.2, 0) is 7.05 Å². The molecule has 4 nitrogen and oxygen atoms in total. The Labute approximate surface area is 100.0 Å². The predicted octanol–water partition coefficient (Wildman–Crippen LogP) is 1.48. The molecule has 0 atom stereocenters. The van der Waals surface area contributed by atoms with Crippen molar-refractivity contribution in [3.05, 3.63) is 17.5 Å². The van der Waals surface area contributed by atoms with Crippen molar-refractivity contribution in [1.82, 2.24) is 15.1 Å². The molecule has 1 heterocycles. The summed E-state index contributed by atoms with van der Waals surface area (Å²) >= 11 is 5.85. The van der Waals surface area contributed by atoms with Gasteiger partial charge in [-0.3, -0.25) is 9.48 Å². The Morgan fingerprint density at radius 2 is 2.38 bits per heavy atom. The van der Waals surface area contributed by atoms with Crippen molar-refractivity contribution < 1.29 is 4.79 Å². The third-order valence-corrected chi connectivity index (χ3v) is 3.67. The van der Waals surface area contributed by atoms with Gasteiger partial charge >= 0.3 is 0 Å². The molecule has 5 heteroatoms. The average molecular weight is 242 g/mol. The van der Waals surface area contributed by atoms with Crippen LogP contribution in [-0.4, -0.2) is 28.1 Å². The largest absolute Gasteiger partial charge is 0.350 e. The van der Waals surface area contributed by atoms with Crippen LogP contribution in [0, 0.1) is 12.3 Å². The number of carbonyl (C=O) groups excluding carboxylic acids is 1. The van der Waals surface area contributed by atoms with E-state index in [9.17, 15) is 4.79 Å². The molecule has 1 aliphatic rings. The van der Waals surface area contributed by atoms with Crippen LogP contribution in [0.5, 0.6) is 0 Å². The average Bonchev–Trinajstić information content (AvgIpc) is 2.96. The first-order valence-electron chi connectivity index (χ1n) is 5.41. The van der Waals surface area contributed by atoms with Crippen molar-refractivity contribution in [2.24, 2.45) is 12.5 Å². The van der Waals surface area contributed by atoms with Crippen molar-refractivity contribution in [3.8, 4) is 0 Å². The van der Waals surface area contributed by atoms with Gasteiger partial charge in [-0.05, 0) is 25.8 Å². The summed E-state index contributed by atoms with van der Waals surface area (Å²) in [7, 11) is 1.77. The molecular weight excluding hydrogens is 226 g/mol.